The molecule has 36 heavy (non-hydrogen) atoms. The summed E-state index contributed by atoms with van der Waals surface area (Å²) in [5.41, 5.74) is 10.1. The third-order valence-electron chi connectivity index (χ3n) is 5.99. The molecule has 0 spiro atoms. The molecule has 0 atom stereocenters. The lowest BCUT2D eigenvalue weighted by Crippen LogP contribution is -2.36. The quantitative estimate of drug-likeness (QED) is 0.238. The highest BCUT2D eigenvalue weighted by Crippen LogP contribution is 2.29. The van der Waals surface area contributed by atoms with Gasteiger partial charge in [0.15, 0.2) is 5.82 Å². The second-order valence-electron chi connectivity index (χ2n) is 8.49. The molecule has 9 nitrogen and oxygen atoms in total. The van der Waals surface area contributed by atoms with Crippen molar-refractivity contribution in [2.75, 3.05) is 42.7 Å². The largest absolute Gasteiger partial charge is 0.398 e. The van der Waals surface area contributed by atoms with Gasteiger partial charge in [-0.15, -0.1) is 0 Å². The Labute approximate surface area is 208 Å². The molecule has 0 aliphatic carbocycles. The van der Waals surface area contributed by atoms with E-state index in [9.17, 15) is 4.79 Å². The van der Waals surface area contributed by atoms with Crippen LogP contribution >= 0.6 is 0 Å². The first-order valence-electron chi connectivity index (χ1n) is 11.8. The standard InChI is InChI=1S/C27H27N7O2/c28-17-19-16-21(9-10-23(19)29)30-26-22-7-1-2-8-24(22)32-25(33-26)18-5-3-6-20(15-18)31-27(35)34-11-4-13-36-14-12-34/h1-3,5-10,15-17,28H,4,11-14,29H2,(H,31,35)(H,30,32,33). The number of carbonyl (C=O) groups excluding carboxylic acids is 1. The number of nitrogens with two attached hydrogens (primary N) is 1. The molecule has 1 aliphatic rings. The van der Waals surface area contributed by atoms with Crippen LogP contribution in [0.2, 0.25) is 0 Å². The van der Waals surface area contributed by atoms with Crippen LogP contribution in [-0.2, 0) is 4.74 Å². The minimum Gasteiger partial charge on any atom is -0.398 e. The van der Waals surface area contributed by atoms with E-state index in [4.69, 9.17) is 25.8 Å². The molecule has 3 aromatic carbocycles. The number of para-hydroxylation sites is 1. The molecule has 5 N–H and O–H groups in total. The van der Waals surface area contributed by atoms with Crippen LogP contribution in [0.25, 0.3) is 22.3 Å². The van der Waals surface area contributed by atoms with Gasteiger partial charge in [-0.3, -0.25) is 0 Å². The highest BCUT2D eigenvalue weighted by Gasteiger charge is 2.16. The van der Waals surface area contributed by atoms with Gasteiger partial charge >= 0.3 is 6.03 Å². The van der Waals surface area contributed by atoms with Crippen LogP contribution in [-0.4, -0.2) is 53.4 Å². The predicted octanol–water partition coefficient (Wildman–Crippen LogP) is 4.87. The van der Waals surface area contributed by atoms with E-state index in [1.54, 1.807) is 11.0 Å². The topological polar surface area (TPSA) is 129 Å². The van der Waals surface area contributed by atoms with Gasteiger partial charge in [-0.25, -0.2) is 14.8 Å². The molecule has 1 saturated heterocycles. The summed E-state index contributed by atoms with van der Waals surface area (Å²) in [7, 11) is 0. The van der Waals surface area contributed by atoms with Gasteiger partial charge in [-0.1, -0.05) is 24.3 Å². The molecule has 5 rings (SSSR count). The second kappa shape index (κ2) is 10.4. The fraction of sp³-hybridized carbons (Fsp3) is 0.185. The Morgan fingerprint density at radius 2 is 1.89 bits per heavy atom. The van der Waals surface area contributed by atoms with Crippen molar-refractivity contribution in [3.05, 3.63) is 72.3 Å². The maximum Gasteiger partial charge on any atom is 0.321 e. The van der Waals surface area contributed by atoms with E-state index < -0.39 is 0 Å². The van der Waals surface area contributed by atoms with Crippen molar-refractivity contribution in [3.8, 4) is 11.4 Å². The maximum atomic E-state index is 12.8. The smallest absolute Gasteiger partial charge is 0.321 e. The van der Waals surface area contributed by atoms with Gasteiger partial charge in [0.2, 0.25) is 0 Å². The highest BCUT2D eigenvalue weighted by atomic mass is 16.5. The SMILES string of the molecule is N=Cc1cc(Nc2nc(-c3cccc(NC(=O)N4CCCOCC4)c3)nc3ccccc23)ccc1N. The number of hydrogen-bond acceptors (Lipinski definition) is 7. The summed E-state index contributed by atoms with van der Waals surface area (Å²) in [6.07, 6.45) is 2.05. The van der Waals surface area contributed by atoms with E-state index in [2.05, 4.69) is 10.6 Å². The van der Waals surface area contributed by atoms with E-state index in [1.807, 2.05) is 60.7 Å². The fourth-order valence-electron chi connectivity index (χ4n) is 4.10. The van der Waals surface area contributed by atoms with Gasteiger partial charge in [-0.05, 0) is 48.9 Å². The molecule has 2 heterocycles. The van der Waals surface area contributed by atoms with E-state index in [0.29, 0.717) is 54.9 Å². The summed E-state index contributed by atoms with van der Waals surface area (Å²) >= 11 is 0. The minimum atomic E-state index is -0.148. The number of benzene rings is 3. The predicted molar refractivity (Wildman–Crippen MR) is 143 cm³/mol. The van der Waals surface area contributed by atoms with Crippen LogP contribution in [0.15, 0.2) is 66.7 Å². The number of aromatic nitrogens is 2. The van der Waals surface area contributed by atoms with Gasteiger partial charge in [-0.2, -0.15) is 0 Å². The number of amides is 2. The first-order valence-corrected chi connectivity index (χ1v) is 11.8. The fourth-order valence-corrected chi connectivity index (χ4v) is 4.10. The average molecular weight is 482 g/mol. The first kappa shape index (κ1) is 23.3. The molecule has 0 bridgehead atoms. The summed E-state index contributed by atoms with van der Waals surface area (Å²) in [4.78, 5) is 24.1. The van der Waals surface area contributed by atoms with E-state index in [0.717, 1.165) is 28.6 Å². The van der Waals surface area contributed by atoms with Crippen LogP contribution < -0.4 is 16.4 Å². The van der Waals surface area contributed by atoms with Crippen LogP contribution in [0.1, 0.15) is 12.0 Å². The van der Waals surface area contributed by atoms with Crippen molar-refractivity contribution in [1.29, 1.82) is 5.41 Å². The van der Waals surface area contributed by atoms with Gasteiger partial charge in [0.05, 0.1) is 12.1 Å². The van der Waals surface area contributed by atoms with E-state index in [1.165, 1.54) is 6.21 Å². The molecule has 4 aromatic rings. The lowest BCUT2D eigenvalue weighted by Gasteiger charge is -2.20. The zero-order valence-corrected chi connectivity index (χ0v) is 19.7. The third-order valence-corrected chi connectivity index (χ3v) is 5.99. The minimum absolute atomic E-state index is 0.148. The summed E-state index contributed by atoms with van der Waals surface area (Å²) in [6, 6.07) is 20.5. The Balaban J connectivity index is 1.46. The summed E-state index contributed by atoms with van der Waals surface area (Å²) in [6.45, 7) is 2.45. The zero-order chi connectivity index (χ0) is 24.9. The van der Waals surface area contributed by atoms with Crippen molar-refractivity contribution in [3.63, 3.8) is 0 Å². The van der Waals surface area contributed by atoms with Crippen molar-refractivity contribution in [2.45, 2.75) is 6.42 Å². The van der Waals surface area contributed by atoms with Crippen molar-refractivity contribution >= 4 is 46.0 Å². The van der Waals surface area contributed by atoms with Crippen molar-refractivity contribution in [1.82, 2.24) is 14.9 Å². The molecule has 0 radical (unpaired) electrons. The van der Waals surface area contributed by atoms with Gasteiger partial charge in [0.1, 0.15) is 5.82 Å². The van der Waals surface area contributed by atoms with E-state index in [-0.39, 0.29) is 6.03 Å². The number of nitrogens with one attached hydrogen (secondary N) is 3. The normalized spacial score (nSPS) is 13.7. The van der Waals surface area contributed by atoms with Crippen LogP contribution in [0.5, 0.6) is 0 Å². The molecule has 182 valence electrons. The number of anilines is 4. The number of nitrogens with zero attached hydrogens (tertiary/aromatic N) is 3. The summed E-state index contributed by atoms with van der Waals surface area (Å²) in [5.74, 6) is 1.16. The van der Waals surface area contributed by atoms with Gasteiger partial charge in [0.25, 0.3) is 0 Å². The summed E-state index contributed by atoms with van der Waals surface area (Å²) in [5, 5.41) is 14.8. The number of ether oxygens (including phenoxy) is 1. The number of hydrogen-bond donors (Lipinski definition) is 4. The number of carbonyl (C=O) groups is 1. The van der Waals surface area contributed by atoms with Crippen molar-refractivity contribution in [2.24, 2.45) is 0 Å². The molecule has 0 saturated carbocycles. The highest BCUT2D eigenvalue weighted by molar-refractivity contribution is 5.94. The number of urea groups is 1. The van der Waals surface area contributed by atoms with E-state index >= 15 is 0 Å². The van der Waals surface area contributed by atoms with Crippen molar-refractivity contribution < 1.29 is 9.53 Å². The Morgan fingerprint density at radius 3 is 2.78 bits per heavy atom. The molecular formula is C27H27N7O2. The monoisotopic (exact) mass is 481 g/mol. The Hall–Kier alpha value is -4.50. The van der Waals surface area contributed by atoms with Crippen LogP contribution in [0.3, 0.4) is 0 Å². The number of fused-ring (bicyclic) bond motifs is 1. The first-order chi connectivity index (χ1) is 17.6. The number of rotatable bonds is 5. The lowest BCUT2D eigenvalue weighted by atomic mass is 10.1. The summed E-state index contributed by atoms with van der Waals surface area (Å²) < 4.78 is 5.45. The second-order valence-corrected chi connectivity index (χ2v) is 8.49. The molecule has 1 aliphatic heterocycles. The van der Waals surface area contributed by atoms with Gasteiger partial charge < -0.3 is 31.4 Å². The Morgan fingerprint density at radius 1 is 1.00 bits per heavy atom. The molecule has 0 unspecified atom stereocenters. The lowest BCUT2D eigenvalue weighted by molar-refractivity contribution is 0.144. The Bertz CT molecular complexity index is 1410. The third kappa shape index (κ3) is 5.11. The van der Waals surface area contributed by atoms with Crippen LogP contribution in [0, 0.1) is 5.41 Å². The molecule has 1 fully saturated rings. The average Bonchev–Trinajstić information content (AvgIpc) is 3.20. The van der Waals surface area contributed by atoms with Crippen LogP contribution in [0.4, 0.5) is 27.7 Å². The zero-order valence-electron chi connectivity index (χ0n) is 19.7. The molecule has 1 aromatic heterocycles. The Kier molecular flexibility index (Phi) is 6.72. The molecular weight excluding hydrogens is 454 g/mol. The molecule has 2 amide bonds. The molecule has 9 heteroatoms. The maximum absolute atomic E-state index is 12.8. The number of nitrogen functional groups attached to an aromatic ring is 1. The van der Waals surface area contributed by atoms with Gasteiger partial charge in [0, 0.05) is 59.5 Å².